The van der Waals surface area contributed by atoms with Gasteiger partial charge < -0.3 is 0 Å². The van der Waals surface area contributed by atoms with Gasteiger partial charge in [0.05, 0.1) is 11.4 Å². The van der Waals surface area contributed by atoms with Crippen LogP contribution in [0.1, 0.15) is 41.4 Å². The topological polar surface area (TPSA) is 74.8 Å². The zero-order valence-corrected chi connectivity index (χ0v) is 29.6. The van der Waals surface area contributed by atoms with Gasteiger partial charge in [0.25, 0.3) is 23.6 Å². The van der Waals surface area contributed by atoms with Gasteiger partial charge in [0.1, 0.15) is 0 Å². The third-order valence-electron chi connectivity index (χ3n) is 7.38. The smallest absolute Gasteiger partial charge is 0.265 e. The summed E-state index contributed by atoms with van der Waals surface area (Å²) in [5, 5.41) is 0. The Morgan fingerprint density at radius 2 is 0.560 bits per heavy atom. The highest BCUT2D eigenvalue weighted by Gasteiger charge is 2.29. The minimum Gasteiger partial charge on any atom is -0.268 e. The lowest BCUT2D eigenvalue weighted by Crippen LogP contribution is -2.37. The van der Waals surface area contributed by atoms with Gasteiger partial charge in [0, 0.05) is 32.0 Å². The fourth-order valence-corrected chi connectivity index (χ4v) is 10.7. The van der Waals surface area contributed by atoms with Crippen molar-refractivity contribution in [1.82, 2.24) is 0 Å². The second-order valence-corrected chi connectivity index (χ2v) is 16.3. The van der Waals surface area contributed by atoms with Crippen molar-refractivity contribution in [3.63, 3.8) is 0 Å². The molecule has 50 heavy (non-hydrogen) atoms. The zero-order chi connectivity index (χ0) is 34.7. The Balaban J connectivity index is 1.24. The Hall–Kier alpha value is -5.00. The first kappa shape index (κ1) is 34.8. The molecule has 0 aliphatic rings. The van der Waals surface area contributed by atoms with Crippen molar-refractivity contribution >= 4 is 76.2 Å². The minimum atomic E-state index is -0.431. The predicted octanol–water partition coefficient (Wildman–Crippen LogP) is 10.8. The first-order valence-corrected chi connectivity index (χ1v) is 20.2. The maximum atomic E-state index is 13.9. The number of nitrogens with zero attached hydrogens (tertiary/aromatic N) is 2. The molecule has 4 amide bonds. The largest absolute Gasteiger partial charge is 0.268 e. The molecule has 0 aliphatic heterocycles. The van der Waals surface area contributed by atoms with Gasteiger partial charge in [0.2, 0.25) is 0 Å². The van der Waals surface area contributed by atoms with E-state index in [4.69, 9.17) is 0 Å². The summed E-state index contributed by atoms with van der Waals surface area (Å²) in [6.07, 6.45) is 0. The molecule has 0 aromatic heterocycles. The number of hydrogen-bond donors (Lipinski definition) is 0. The number of hydrogen-bond acceptors (Lipinski definition) is 8. The molecule has 0 saturated heterocycles. The number of anilines is 2. The van der Waals surface area contributed by atoms with Crippen molar-refractivity contribution in [2.75, 3.05) is 9.80 Å². The molecular weight excluding hydrogens is 701 g/mol. The second kappa shape index (κ2) is 17.1. The number of carbonyl (C=O) groups excluding carboxylic acids is 4. The third kappa shape index (κ3) is 8.23. The SMILES string of the molecule is O=C(c1ccccc1)N(C(=O)c1ccccc1)c1ccccc1SSSSc1ccccc1N(C(=O)c1ccccc1)C(=O)c1ccccc1. The fourth-order valence-electron chi connectivity index (χ4n) is 4.99. The third-order valence-corrected chi connectivity index (χ3v) is 13.5. The molecule has 6 aromatic rings. The summed E-state index contributed by atoms with van der Waals surface area (Å²) in [5.41, 5.74) is 2.50. The van der Waals surface area contributed by atoms with E-state index in [2.05, 4.69) is 0 Å². The molecule has 0 spiro atoms. The van der Waals surface area contributed by atoms with Crippen LogP contribution < -0.4 is 9.80 Å². The first-order chi connectivity index (χ1) is 24.5. The van der Waals surface area contributed by atoms with Gasteiger partial charge in [-0.05, 0) is 114 Å². The lowest BCUT2D eigenvalue weighted by Gasteiger charge is -2.24. The van der Waals surface area contributed by atoms with Crippen LogP contribution in [0.5, 0.6) is 0 Å². The van der Waals surface area contributed by atoms with Crippen molar-refractivity contribution < 1.29 is 19.2 Å². The summed E-state index contributed by atoms with van der Waals surface area (Å²) in [5.74, 6) is -1.72. The second-order valence-electron chi connectivity index (χ2n) is 10.6. The predicted molar refractivity (Wildman–Crippen MR) is 208 cm³/mol. The van der Waals surface area contributed by atoms with Crippen LogP contribution in [0.2, 0.25) is 0 Å². The fraction of sp³-hybridized carbons (Fsp3) is 0. The van der Waals surface area contributed by atoms with Crippen LogP contribution in [0.25, 0.3) is 0 Å². The number of benzene rings is 6. The molecule has 0 fully saturated rings. The molecule has 6 nitrogen and oxygen atoms in total. The molecule has 0 unspecified atom stereocenters. The van der Waals surface area contributed by atoms with Crippen molar-refractivity contribution in [3.05, 3.63) is 192 Å². The van der Waals surface area contributed by atoms with Crippen LogP contribution in [0.3, 0.4) is 0 Å². The van der Waals surface area contributed by atoms with E-state index in [1.165, 1.54) is 51.0 Å². The highest BCUT2D eigenvalue weighted by molar-refractivity contribution is 9.26. The quantitative estimate of drug-likeness (QED) is 0.0741. The number of carbonyl (C=O) groups is 4. The summed E-state index contributed by atoms with van der Waals surface area (Å²) < 4.78 is 0. The van der Waals surface area contributed by atoms with Crippen LogP contribution in [0, 0.1) is 0 Å². The molecule has 0 bridgehead atoms. The summed E-state index contributed by atoms with van der Waals surface area (Å²) >= 11 is 0. The zero-order valence-electron chi connectivity index (χ0n) is 26.3. The van der Waals surface area contributed by atoms with E-state index in [9.17, 15) is 19.2 Å². The van der Waals surface area contributed by atoms with Crippen LogP contribution in [0.15, 0.2) is 180 Å². The van der Waals surface area contributed by atoms with Gasteiger partial charge in [0.15, 0.2) is 0 Å². The number of para-hydroxylation sites is 2. The molecule has 246 valence electrons. The molecule has 0 aliphatic carbocycles. The van der Waals surface area contributed by atoms with E-state index in [-0.39, 0.29) is 0 Å². The van der Waals surface area contributed by atoms with Gasteiger partial charge in [-0.3, -0.25) is 19.2 Å². The first-order valence-electron chi connectivity index (χ1n) is 15.4. The van der Waals surface area contributed by atoms with Crippen LogP contribution in [0.4, 0.5) is 11.4 Å². The molecule has 0 heterocycles. The number of rotatable bonds is 11. The van der Waals surface area contributed by atoms with E-state index < -0.39 is 23.6 Å². The maximum Gasteiger partial charge on any atom is 0.265 e. The van der Waals surface area contributed by atoms with Crippen molar-refractivity contribution in [2.24, 2.45) is 0 Å². The van der Waals surface area contributed by atoms with E-state index in [0.717, 1.165) is 0 Å². The van der Waals surface area contributed by atoms with E-state index in [0.29, 0.717) is 43.4 Å². The number of imide groups is 2. The van der Waals surface area contributed by atoms with Crippen LogP contribution in [-0.4, -0.2) is 23.6 Å². The van der Waals surface area contributed by atoms with E-state index in [1.54, 1.807) is 121 Å². The molecular formula is C40H28N2O4S4. The lowest BCUT2D eigenvalue weighted by atomic mass is 10.1. The standard InChI is InChI=1S/C40H28N2O4S4/c43-37(29-17-5-1-6-18-29)41(38(44)30-19-7-2-8-20-30)33-25-13-15-27-35(33)47-49-50-48-36-28-16-14-26-34(36)42(39(45)31-21-9-3-10-22-31)40(46)32-23-11-4-12-24-32/h1-28H. The Kier molecular flexibility index (Phi) is 11.9. The molecule has 0 N–H and O–H groups in total. The molecule has 0 atom stereocenters. The monoisotopic (exact) mass is 728 g/mol. The van der Waals surface area contributed by atoms with Gasteiger partial charge in [-0.2, -0.15) is 0 Å². The van der Waals surface area contributed by atoms with Crippen molar-refractivity contribution in [1.29, 1.82) is 0 Å². The molecule has 0 saturated carbocycles. The van der Waals surface area contributed by atoms with Crippen LogP contribution in [-0.2, 0) is 0 Å². The minimum absolute atomic E-state index is 0.394. The number of amides is 4. The maximum absolute atomic E-state index is 13.9. The van der Waals surface area contributed by atoms with Gasteiger partial charge in [-0.1, -0.05) is 97.1 Å². The normalized spacial score (nSPS) is 10.6. The van der Waals surface area contributed by atoms with Crippen LogP contribution >= 0.6 is 41.2 Å². The lowest BCUT2D eigenvalue weighted by molar-refractivity contribution is 0.0881. The summed E-state index contributed by atoms with van der Waals surface area (Å²) in [6.45, 7) is 0. The summed E-state index contributed by atoms with van der Waals surface area (Å²) in [4.78, 5) is 59.3. The molecule has 10 heteroatoms. The highest BCUT2D eigenvalue weighted by atomic mass is 33.7. The van der Waals surface area contributed by atoms with Gasteiger partial charge in [-0.25, -0.2) is 9.80 Å². The molecule has 6 rings (SSSR count). The van der Waals surface area contributed by atoms with Gasteiger partial charge in [-0.15, -0.1) is 0 Å². The van der Waals surface area contributed by atoms with Crippen molar-refractivity contribution in [2.45, 2.75) is 9.79 Å². The Morgan fingerprint density at radius 1 is 0.320 bits per heavy atom. The average molecular weight is 729 g/mol. The summed E-state index contributed by atoms with van der Waals surface area (Å²) in [7, 11) is 5.68. The highest BCUT2D eigenvalue weighted by Crippen LogP contribution is 2.52. The molecule has 6 aromatic carbocycles. The molecule has 0 radical (unpaired) electrons. The Morgan fingerprint density at radius 3 is 0.840 bits per heavy atom. The Labute approximate surface area is 305 Å². The van der Waals surface area contributed by atoms with E-state index >= 15 is 0 Å². The summed E-state index contributed by atoms with van der Waals surface area (Å²) in [6, 6.07) is 49.5. The van der Waals surface area contributed by atoms with E-state index in [1.807, 2.05) is 48.5 Å². The average Bonchev–Trinajstić information content (AvgIpc) is 3.19. The van der Waals surface area contributed by atoms with Gasteiger partial charge >= 0.3 is 0 Å². The Bertz CT molecular complexity index is 1850. The van der Waals surface area contributed by atoms with Crippen molar-refractivity contribution in [3.8, 4) is 0 Å².